The van der Waals surface area contributed by atoms with Gasteiger partial charge in [-0.05, 0) is 45.1 Å². The van der Waals surface area contributed by atoms with E-state index in [0.717, 1.165) is 44.8 Å². The summed E-state index contributed by atoms with van der Waals surface area (Å²) >= 11 is 0. The molecule has 4 N–H and O–H groups in total. The maximum Gasteiger partial charge on any atom is 0.250 e. The Hall–Kier alpha value is -1.75. The summed E-state index contributed by atoms with van der Waals surface area (Å²) in [7, 11) is 0. The molecule has 0 saturated heterocycles. The second-order valence-corrected chi connectivity index (χ2v) is 5.07. The van der Waals surface area contributed by atoms with Gasteiger partial charge in [0.05, 0.1) is 16.9 Å². The number of primary amides is 1. The van der Waals surface area contributed by atoms with Crippen LogP contribution in [0.2, 0.25) is 0 Å². The Morgan fingerprint density at radius 2 is 1.76 bits per heavy atom. The normalized spacial score (nSPS) is 10.9. The number of hydrogen-bond donors (Lipinski definition) is 2. The molecule has 5 nitrogen and oxygen atoms in total. The predicted octanol–water partition coefficient (Wildman–Crippen LogP) is 1.93. The van der Waals surface area contributed by atoms with Crippen LogP contribution >= 0.6 is 0 Å². The van der Waals surface area contributed by atoms with Crippen LogP contribution in [0.15, 0.2) is 18.2 Å². The van der Waals surface area contributed by atoms with Crippen molar-refractivity contribution in [2.75, 3.05) is 43.4 Å². The Kier molecular flexibility index (Phi) is 7.02. The van der Waals surface area contributed by atoms with Crippen molar-refractivity contribution in [3.63, 3.8) is 0 Å². The van der Waals surface area contributed by atoms with E-state index < -0.39 is 5.91 Å². The van der Waals surface area contributed by atoms with Crippen molar-refractivity contribution in [1.29, 1.82) is 0 Å². The summed E-state index contributed by atoms with van der Waals surface area (Å²) < 4.78 is 0. The number of nitrogens with two attached hydrogens (primary N) is 2. The highest BCUT2D eigenvalue weighted by molar-refractivity contribution is 6.01. The highest BCUT2D eigenvalue weighted by Gasteiger charge is 2.16. The minimum absolute atomic E-state index is 0.431. The minimum Gasteiger partial charge on any atom is -0.397 e. The molecule has 0 unspecified atom stereocenters. The topological polar surface area (TPSA) is 75.6 Å². The minimum atomic E-state index is -0.431. The van der Waals surface area contributed by atoms with Crippen LogP contribution in [0.3, 0.4) is 0 Å². The zero-order valence-corrected chi connectivity index (χ0v) is 13.4. The van der Waals surface area contributed by atoms with E-state index in [9.17, 15) is 4.79 Å². The van der Waals surface area contributed by atoms with Crippen LogP contribution in [0, 0.1) is 0 Å². The van der Waals surface area contributed by atoms with Crippen molar-refractivity contribution >= 4 is 17.3 Å². The summed E-state index contributed by atoms with van der Waals surface area (Å²) in [5.41, 5.74) is 13.4. The second kappa shape index (κ2) is 8.52. The number of hydrogen-bond acceptors (Lipinski definition) is 4. The molecule has 0 saturated carbocycles. The van der Waals surface area contributed by atoms with E-state index in [1.807, 2.05) is 6.07 Å². The Bertz CT molecular complexity index is 458. The number of benzene rings is 1. The van der Waals surface area contributed by atoms with Crippen molar-refractivity contribution < 1.29 is 4.79 Å². The largest absolute Gasteiger partial charge is 0.397 e. The first kappa shape index (κ1) is 17.3. The molecule has 0 aliphatic carbocycles. The molecule has 5 heteroatoms. The van der Waals surface area contributed by atoms with E-state index in [0.29, 0.717) is 11.3 Å². The third-order valence-corrected chi connectivity index (χ3v) is 3.83. The molecular weight excluding hydrogens is 264 g/mol. The first-order chi connectivity index (χ1) is 10.0. The van der Waals surface area contributed by atoms with Gasteiger partial charge >= 0.3 is 0 Å². The zero-order chi connectivity index (χ0) is 15.8. The molecule has 1 aromatic carbocycles. The quantitative estimate of drug-likeness (QED) is 0.682. The SMILES string of the molecule is CCN(CC)CCCN(CC)c1c(N)cccc1C(N)=O. The number of amides is 1. The Morgan fingerprint density at radius 1 is 1.10 bits per heavy atom. The lowest BCUT2D eigenvalue weighted by atomic mass is 10.1. The van der Waals surface area contributed by atoms with Gasteiger partial charge in [-0.15, -0.1) is 0 Å². The van der Waals surface area contributed by atoms with Gasteiger partial charge in [0.15, 0.2) is 0 Å². The Balaban J connectivity index is 2.83. The molecular formula is C16H28N4O. The molecule has 1 amide bonds. The highest BCUT2D eigenvalue weighted by Crippen LogP contribution is 2.27. The van der Waals surface area contributed by atoms with Gasteiger partial charge in [-0.2, -0.15) is 0 Å². The number of para-hydroxylation sites is 1. The van der Waals surface area contributed by atoms with Crippen LogP contribution in [-0.4, -0.2) is 43.5 Å². The third-order valence-electron chi connectivity index (χ3n) is 3.83. The molecule has 0 aliphatic heterocycles. The summed E-state index contributed by atoms with van der Waals surface area (Å²) in [5.74, 6) is -0.431. The van der Waals surface area contributed by atoms with Crippen molar-refractivity contribution in [2.45, 2.75) is 27.2 Å². The standard InChI is InChI=1S/C16H28N4O/c1-4-19(5-2)11-8-12-20(6-3)15-13(16(18)21)9-7-10-14(15)17/h7,9-10H,4-6,8,11-12,17H2,1-3H3,(H2,18,21). The molecule has 118 valence electrons. The first-order valence-electron chi connectivity index (χ1n) is 7.70. The summed E-state index contributed by atoms with van der Waals surface area (Å²) in [5, 5.41) is 0. The molecule has 1 aromatic rings. The molecule has 0 fully saturated rings. The molecule has 0 radical (unpaired) electrons. The number of anilines is 2. The fourth-order valence-electron chi connectivity index (χ4n) is 2.57. The molecule has 0 atom stereocenters. The van der Waals surface area contributed by atoms with Crippen molar-refractivity contribution in [3.05, 3.63) is 23.8 Å². The molecule has 1 rings (SSSR count). The van der Waals surface area contributed by atoms with Gasteiger partial charge in [0.1, 0.15) is 0 Å². The van der Waals surface area contributed by atoms with Crippen LogP contribution in [0.1, 0.15) is 37.6 Å². The van der Waals surface area contributed by atoms with Crippen molar-refractivity contribution in [2.24, 2.45) is 5.73 Å². The monoisotopic (exact) mass is 292 g/mol. The predicted molar refractivity (Wildman–Crippen MR) is 89.7 cm³/mol. The second-order valence-electron chi connectivity index (χ2n) is 5.07. The molecule has 0 bridgehead atoms. The Labute approximate surface area is 127 Å². The number of nitrogen functional groups attached to an aromatic ring is 1. The maximum absolute atomic E-state index is 11.6. The molecule has 0 spiro atoms. The van der Waals surface area contributed by atoms with Crippen molar-refractivity contribution in [3.8, 4) is 0 Å². The van der Waals surface area contributed by atoms with Crippen LogP contribution in [-0.2, 0) is 0 Å². The van der Waals surface area contributed by atoms with E-state index in [-0.39, 0.29) is 0 Å². The summed E-state index contributed by atoms with van der Waals surface area (Å²) in [6.07, 6.45) is 1.03. The lowest BCUT2D eigenvalue weighted by molar-refractivity contribution is 0.100. The zero-order valence-electron chi connectivity index (χ0n) is 13.4. The highest BCUT2D eigenvalue weighted by atomic mass is 16.1. The van der Waals surface area contributed by atoms with Gasteiger partial charge in [0, 0.05) is 13.1 Å². The molecule has 0 heterocycles. The summed E-state index contributed by atoms with van der Waals surface area (Å²) in [4.78, 5) is 16.1. The number of nitrogens with zero attached hydrogens (tertiary/aromatic N) is 2. The number of rotatable bonds is 9. The summed E-state index contributed by atoms with van der Waals surface area (Å²) in [6.45, 7) is 11.2. The van der Waals surface area contributed by atoms with Gasteiger partial charge in [-0.3, -0.25) is 4.79 Å². The lowest BCUT2D eigenvalue weighted by Gasteiger charge is -2.27. The van der Waals surface area contributed by atoms with Crippen LogP contribution < -0.4 is 16.4 Å². The number of carbonyl (C=O) groups is 1. The van der Waals surface area contributed by atoms with E-state index in [4.69, 9.17) is 11.5 Å². The molecule has 21 heavy (non-hydrogen) atoms. The van der Waals surface area contributed by atoms with Gasteiger partial charge in [0.2, 0.25) is 0 Å². The maximum atomic E-state index is 11.6. The Morgan fingerprint density at radius 3 is 2.29 bits per heavy atom. The van der Waals surface area contributed by atoms with E-state index in [1.165, 1.54) is 0 Å². The van der Waals surface area contributed by atoms with Gasteiger partial charge < -0.3 is 21.3 Å². The number of carbonyl (C=O) groups excluding carboxylic acids is 1. The van der Waals surface area contributed by atoms with Crippen LogP contribution in [0.25, 0.3) is 0 Å². The van der Waals surface area contributed by atoms with E-state index in [2.05, 4.69) is 30.6 Å². The summed E-state index contributed by atoms with van der Waals surface area (Å²) in [6, 6.07) is 5.32. The lowest BCUT2D eigenvalue weighted by Crippen LogP contribution is -2.31. The van der Waals surface area contributed by atoms with E-state index in [1.54, 1.807) is 12.1 Å². The van der Waals surface area contributed by atoms with E-state index >= 15 is 0 Å². The van der Waals surface area contributed by atoms with Crippen LogP contribution in [0.5, 0.6) is 0 Å². The van der Waals surface area contributed by atoms with Gasteiger partial charge in [-0.1, -0.05) is 19.9 Å². The van der Waals surface area contributed by atoms with Crippen molar-refractivity contribution in [1.82, 2.24) is 4.90 Å². The average Bonchev–Trinajstić information content (AvgIpc) is 2.48. The average molecular weight is 292 g/mol. The fourth-order valence-corrected chi connectivity index (χ4v) is 2.57. The molecule has 0 aromatic heterocycles. The van der Waals surface area contributed by atoms with Gasteiger partial charge in [-0.25, -0.2) is 0 Å². The molecule has 0 aliphatic rings. The van der Waals surface area contributed by atoms with Crippen LogP contribution in [0.4, 0.5) is 11.4 Å². The van der Waals surface area contributed by atoms with Gasteiger partial charge in [0.25, 0.3) is 5.91 Å². The smallest absolute Gasteiger partial charge is 0.250 e. The third kappa shape index (κ3) is 4.63. The first-order valence-corrected chi connectivity index (χ1v) is 7.70. The fraction of sp³-hybridized carbons (Fsp3) is 0.562.